The molecule has 0 unspecified atom stereocenters. The van der Waals surface area contributed by atoms with Crippen molar-refractivity contribution >= 4 is 29.4 Å². The molecule has 156 valence electrons. The number of hydrogen-bond acceptors (Lipinski definition) is 5. The lowest BCUT2D eigenvalue weighted by molar-refractivity contribution is -0.153. The van der Waals surface area contributed by atoms with E-state index in [4.69, 9.17) is 4.74 Å². The summed E-state index contributed by atoms with van der Waals surface area (Å²) in [5.74, 6) is -4.31. The summed E-state index contributed by atoms with van der Waals surface area (Å²) in [7, 11) is 0. The molecule has 1 heterocycles. The lowest BCUT2D eigenvalue weighted by atomic mass is 9.98. The summed E-state index contributed by atoms with van der Waals surface area (Å²) >= 11 is 0. The predicted molar refractivity (Wildman–Crippen MR) is 101 cm³/mol. The van der Waals surface area contributed by atoms with Crippen molar-refractivity contribution in [2.45, 2.75) is 25.9 Å². The Kier molecular flexibility index (Phi) is 6.20. The van der Waals surface area contributed by atoms with Crippen LogP contribution in [0.5, 0.6) is 0 Å². The van der Waals surface area contributed by atoms with Crippen molar-refractivity contribution in [1.29, 1.82) is 0 Å². The molecule has 0 radical (unpaired) electrons. The van der Waals surface area contributed by atoms with E-state index in [1.54, 1.807) is 24.3 Å². The van der Waals surface area contributed by atoms with Crippen molar-refractivity contribution in [3.63, 3.8) is 0 Å². The maximum absolute atomic E-state index is 13.6. The number of hydrogen-bond donors (Lipinski definition) is 1. The second-order valence-corrected chi connectivity index (χ2v) is 6.68. The Hall–Kier alpha value is -3.62. The van der Waals surface area contributed by atoms with E-state index >= 15 is 0 Å². The van der Waals surface area contributed by atoms with E-state index in [0.29, 0.717) is 17.2 Å². The lowest BCUT2D eigenvalue weighted by Crippen LogP contribution is -2.43. The first-order chi connectivity index (χ1) is 14.3. The molecule has 2 aromatic rings. The van der Waals surface area contributed by atoms with Crippen LogP contribution in [0.4, 0.5) is 14.5 Å². The summed E-state index contributed by atoms with van der Waals surface area (Å²) in [6.45, 7) is 1.09. The van der Waals surface area contributed by atoms with Gasteiger partial charge in [0.15, 0.2) is 6.10 Å². The molecule has 0 aliphatic carbocycles. The molecule has 0 spiro atoms. The van der Waals surface area contributed by atoms with Gasteiger partial charge in [-0.1, -0.05) is 18.2 Å². The molecule has 0 bridgehead atoms. The molecule has 7 nitrogen and oxygen atoms in total. The average molecular weight is 416 g/mol. The Bertz CT molecular complexity index is 1020. The second-order valence-electron chi connectivity index (χ2n) is 6.68. The van der Waals surface area contributed by atoms with Crippen LogP contribution in [0.3, 0.4) is 0 Å². The van der Waals surface area contributed by atoms with Gasteiger partial charge in [0.05, 0.1) is 18.5 Å². The summed E-state index contributed by atoms with van der Waals surface area (Å²) in [6, 6.07) is 9.34. The van der Waals surface area contributed by atoms with E-state index < -0.39 is 41.4 Å². The van der Waals surface area contributed by atoms with Crippen LogP contribution < -0.4 is 5.32 Å². The van der Waals surface area contributed by atoms with Gasteiger partial charge in [-0.05, 0) is 30.7 Å². The molecule has 1 aliphatic rings. The van der Waals surface area contributed by atoms with Crippen molar-refractivity contribution in [1.82, 2.24) is 4.90 Å². The smallest absolute Gasteiger partial charge is 0.308 e. The monoisotopic (exact) mass is 416 g/mol. The molecular formula is C21H18F2N2O5. The number of fused-ring (bicyclic) bond motifs is 1. The van der Waals surface area contributed by atoms with Gasteiger partial charge in [0.2, 0.25) is 5.91 Å². The van der Waals surface area contributed by atoms with E-state index in [1.807, 2.05) is 0 Å². The molecule has 0 aromatic heterocycles. The van der Waals surface area contributed by atoms with E-state index in [9.17, 15) is 28.0 Å². The van der Waals surface area contributed by atoms with Gasteiger partial charge in [-0.15, -0.1) is 0 Å². The van der Waals surface area contributed by atoms with Crippen molar-refractivity contribution in [2.75, 3.05) is 11.9 Å². The Morgan fingerprint density at radius 2 is 1.90 bits per heavy atom. The molecule has 30 heavy (non-hydrogen) atoms. The number of nitrogens with one attached hydrogen (secondary N) is 1. The standard InChI is InChI=1S/C21H18F2N2O5/c1-12(20(28)24-17-7-6-14(22)11-16(17)23)30-19(27)8-9-25-18(26)10-13-4-2-3-5-15(13)21(25)29/h2-7,11-12H,8-10H2,1H3,(H,24,28)/t12-/m1/s1. The van der Waals surface area contributed by atoms with Gasteiger partial charge < -0.3 is 10.1 Å². The largest absolute Gasteiger partial charge is 0.452 e. The van der Waals surface area contributed by atoms with Gasteiger partial charge in [-0.3, -0.25) is 24.1 Å². The van der Waals surface area contributed by atoms with Crippen LogP contribution in [-0.2, 0) is 25.5 Å². The predicted octanol–water partition coefficient (Wildman–Crippen LogP) is 2.45. The normalized spacial score (nSPS) is 14.2. The van der Waals surface area contributed by atoms with Crippen LogP contribution in [0.2, 0.25) is 0 Å². The molecule has 9 heteroatoms. The molecular weight excluding hydrogens is 398 g/mol. The van der Waals surface area contributed by atoms with Crippen LogP contribution in [-0.4, -0.2) is 41.2 Å². The van der Waals surface area contributed by atoms with E-state index in [0.717, 1.165) is 17.0 Å². The highest BCUT2D eigenvalue weighted by Gasteiger charge is 2.31. The van der Waals surface area contributed by atoms with Crippen LogP contribution in [0, 0.1) is 11.6 Å². The van der Waals surface area contributed by atoms with Crippen LogP contribution in [0.15, 0.2) is 42.5 Å². The molecule has 2 aromatic carbocycles. The Morgan fingerprint density at radius 3 is 2.63 bits per heavy atom. The zero-order chi connectivity index (χ0) is 21.8. The van der Waals surface area contributed by atoms with Crippen molar-refractivity contribution < 1.29 is 32.7 Å². The number of rotatable bonds is 6. The second kappa shape index (κ2) is 8.81. The van der Waals surface area contributed by atoms with E-state index in [-0.39, 0.29) is 25.1 Å². The number of amides is 3. The van der Waals surface area contributed by atoms with Gasteiger partial charge >= 0.3 is 5.97 Å². The third-order valence-corrected chi connectivity index (χ3v) is 4.54. The number of imide groups is 1. The highest BCUT2D eigenvalue weighted by atomic mass is 19.1. The Balaban J connectivity index is 1.53. The fraction of sp³-hybridized carbons (Fsp3) is 0.238. The lowest BCUT2D eigenvalue weighted by Gasteiger charge is -2.26. The SMILES string of the molecule is C[C@@H](OC(=O)CCN1C(=O)Cc2ccccc2C1=O)C(=O)Nc1ccc(F)cc1F. The quantitative estimate of drug-likeness (QED) is 0.577. The Morgan fingerprint density at radius 1 is 1.17 bits per heavy atom. The number of carbonyl (C=O) groups is 4. The number of anilines is 1. The number of ether oxygens (including phenoxy) is 1. The minimum atomic E-state index is -1.27. The van der Waals surface area contributed by atoms with Crippen molar-refractivity contribution in [2.24, 2.45) is 0 Å². The number of halogens is 2. The summed E-state index contributed by atoms with van der Waals surface area (Å²) in [6.07, 6.45) is -1.52. The van der Waals surface area contributed by atoms with E-state index in [1.165, 1.54) is 6.92 Å². The third-order valence-electron chi connectivity index (χ3n) is 4.54. The maximum atomic E-state index is 13.6. The van der Waals surface area contributed by atoms with Gasteiger partial charge in [0.1, 0.15) is 11.6 Å². The molecule has 3 rings (SSSR count). The number of carbonyl (C=O) groups excluding carboxylic acids is 4. The van der Waals surface area contributed by atoms with Gasteiger partial charge in [-0.2, -0.15) is 0 Å². The fourth-order valence-corrected chi connectivity index (χ4v) is 2.96. The number of esters is 1. The minimum absolute atomic E-state index is 0.0546. The molecule has 1 atom stereocenters. The zero-order valence-corrected chi connectivity index (χ0v) is 16.0. The molecule has 0 saturated heterocycles. The maximum Gasteiger partial charge on any atom is 0.308 e. The molecule has 3 amide bonds. The molecule has 1 N–H and O–H groups in total. The average Bonchev–Trinajstić information content (AvgIpc) is 2.69. The topological polar surface area (TPSA) is 92.8 Å². The molecule has 1 aliphatic heterocycles. The van der Waals surface area contributed by atoms with Crippen molar-refractivity contribution in [3.8, 4) is 0 Å². The van der Waals surface area contributed by atoms with Crippen molar-refractivity contribution in [3.05, 3.63) is 65.2 Å². The number of nitrogens with zero attached hydrogens (tertiary/aromatic N) is 1. The number of benzene rings is 2. The van der Waals surface area contributed by atoms with Gasteiger partial charge in [0, 0.05) is 18.2 Å². The zero-order valence-electron chi connectivity index (χ0n) is 16.0. The first-order valence-corrected chi connectivity index (χ1v) is 9.14. The first kappa shape index (κ1) is 21.1. The van der Waals surface area contributed by atoms with Gasteiger partial charge in [0.25, 0.3) is 11.8 Å². The van der Waals surface area contributed by atoms with Crippen LogP contribution in [0.1, 0.15) is 29.3 Å². The van der Waals surface area contributed by atoms with E-state index in [2.05, 4.69) is 5.32 Å². The van der Waals surface area contributed by atoms with Crippen LogP contribution in [0.25, 0.3) is 0 Å². The Labute approximate surface area is 170 Å². The highest BCUT2D eigenvalue weighted by Crippen LogP contribution is 2.20. The third kappa shape index (κ3) is 4.68. The minimum Gasteiger partial charge on any atom is -0.452 e. The highest BCUT2D eigenvalue weighted by molar-refractivity contribution is 6.09. The summed E-state index contributed by atoms with van der Waals surface area (Å²) in [5, 5.41) is 2.20. The summed E-state index contributed by atoms with van der Waals surface area (Å²) in [5.41, 5.74) is 0.775. The van der Waals surface area contributed by atoms with Gasteiger partial charge in [-0.25, -0.2) is 8.78 Å². The molecule has 0 fully saturated rings. The first-order valence-electron chi connectivity index (χ1n) is 9.14. The summed E-state index contributed by atoms with van der Waals surface area (Å²) < 4.78 is 31.5. The summed E-state index contributed by atoms with van der Waals surface area (Å²) in [4.78, 5) is 49.7. The molecule has 0 saturated carbocycles. The fourth-order valence-electron chi connectivity index (χ4n) is 2.96. The van der Waals surface area contributed by atoms with Crippen LogP contribution >= 0.6 is 0 Å².